The molecule has 0 amide bonds. The standard InChI is InChI=1S/C16H15NO2S2/c1-17-9-14(20-3)15(18)16-12(17)8-13(21-16)10-4-6-11(19-2)7-5-10/h4-9H,1-3H3. The number of nitrogens with zero attached hydrogens (tertiary/aromatic N) is 1. The van der Waals surface area contributed by atoms with Crippen LogP contribution in [-0.2, 0) is 7.05 Å². The van der Waals surface area contributed by atoms with Crippen LogP contribution in [0.2, 0.25) is 0 Å². The Morgan fingerprint density at radius 2 is 1.95 bits per heavy atom. The third-order valence-corrected chi connectivity index (χ3v) is 5.33. The fourth-order valence-corrected chi connectivity index (χ4v) is 4.04. The summed E-state index contributed by atoms with van der Waals surface area (Å²) in [5, 5.41) is 0. The molecule has 0 bridgehead atoms. The Morgan fingerprint density at radius 3 is 2.57 bits per heavy atom. The van der Waals surface area contributed by atoms with E-state index in [1.807, 2.05) is 48.3 Å². The minimum atomic E-state index is 0.125. The minimum Gasteiger partial charge on any atom is -0.497 e. The van der Waals surface area contributed by atoms with E-state index in [-0.39, 0.29) is 5.43 Å². The van der Waals surface area contributed by atoms with Crippen LogP contribution in [0.15, 0.2) is 46.2 Å². The van der Waals surface area contributed by atoms with E-state index in [0.29, 0.717) is 0 Å². The fourth-order valence-electron chi connectivity index (χ4n) is 2.26. The second-order valence-electron chi connectivity index (χ2n) is 4.69. The van der Waals surface area contributed by atoms with Crippen molar-refractivity contribution in [2.45, 2.75) is 4.90 Å². The van der Waals surface area contributed by atoms with Crippen LogP contribution >= 0.6 is 23.1 Å². The summed E-state index contributed by atoms with van der Waals surface area (Å²) in [7, 11) is 3.63. The van der Waals surface area contributed by atoms with Gasteiger partial charge in [-0.3, -0.25) is 4.79 Å². The summed E-state index contributed by atoms with van der Waals surface area (Å²) in [4.78, 5) is 14.3. The number of aryl methyl sites for hydroxylation is 1. The average molecular weight is 317 g/mol. The Labute approximate surface area is 131 Å². The monoisotopic (exact) mass is 317 g/mol. The van der Waals surface area contributed by atoms with E-state index in [2.05, 4.69) is 6.07 Å². The molecule has 0 radical (unpaired) electrons. The highest BCUT2D eigenvalue weighted by Gasteiger charge is 2.12. The second-order valence-corrected chi connectivity index (χ2v) is 6.59. The number of hydrogen-bond acceptors (Lipinski definition) is 4. The van der Waals surface area contributed by atoms with Crippen molar-refractivity contribution in [1.29, 1.82) is 0 Å². The third-order valence-electron chi connectivity index (χ3n) is 3.43. The zero-order chi connectivity index (χ0) is 15.0. The molecule has 3 nitrogen and oxygen atoms in total. The van der Waals surface area contributed by atoms with Crippen molar-refractivity contribution in [3.63, 3.8) is 0 Å². The maximum Gasteiger partial charge on any atom is 0.212 e. The van der Waals surface area contributed by atoms with Crippen LogP contribution < -0.4 is 10.2 Å². The SMILES string of the molecule is COc1ccc(-c2cc3c(s2)c(=O)c(SC)cn3C)cc1. The Hall–Kier alpha value is -1.72. The van der Waals surface area contributed by atoms with Gasteiger partial charge in [0.25, 0.3) is 0 Å². The van der Waals surface area contributed by atoms with E-state index >= 15 is 0 Å². The van der Waals surface area contributed by atoms with Crippen LogP contribution in [0.25, 0.3) is 20.7 Å². The highest BCUT2D eigenvalue weighted by molar-refractivity contribution is 7.98. The lowest BCUT2D eigenvalue weighted by molar-refractivity contribution is 0.415. The van der Waals surface area contributed by atoms with Crippen LogP contribution in [0.3, 0.4) is 0 Å². The summed E-state index contributed by atoms with van der Waals surface area (Å²) >= 11 is 3.04. The molecule has 2 aromatic heterocycles. The van der Waals surface area contributed by atoms with Crippen LogP contribution in [0, 0.1) is 0 Å². The molecular weight excluding hydrogens is 302 g/mol. The fraction of sp³-hybridized carbons (Fsp3) is 0.188. The number of thioether (sulfide) groups is 1. The summed E-state index contributed by atoms with van der Waals surface area (Å²) in [6, 6.07) is 9.98. The summed E-state index contributed by atoms with van der Waals surface area (Å²) in [5.41, 5.74) is 2.20. The van der Waals surface area contributed by atoms with E-state index in [4.69, 9.17) is 4.74 Å². The smallest absolute Gasteiger partial charge is 0.212 e. The molecule has 0 fully saturated rings. The first-order chi connectivity index (χ1) is 10.1. The molecule has 0 spiro atoms. The quantitative estimate of drug-likeness (QED) is 0.684. The summed E-state index contributed by atoms with van der Waals surface area (Å²) in [6.45, 7) is 0. The number of rotatable bonds is 3. The Balaban J connectivity index is 2.18. The van der Waals surface area contributed by atoms with Gasteiger partial charge in [-0.25, -0.2) is 0 Å². The lowest BCUT2D eigenvalue weighted by Gasteiger charge is -2.02. The van der Waals surface area contributed by atoms with Gasteiger partial charge in [0.15, 0.2) is 0 Å². The largest absolute Gasteiger partial charge is 0.497 e. The molecular formula is C16H15NO2S2. The van der Waals surface area contributed by atoms with Crippen molar-refractivity contribution >= 4 is 33.3 Å². The third kappa shape index (κ3) is 2.47. The highest BCUT2D eigenvalue weighted by Crippen LogP contribution is 2.33. The van der Waals surface area contributed by atoms with Gasteiger partial charge >= 0.3 is 0 Å². The molecule has 2 heterocycles. The summed E-state index contributed by atoms with van der Waals surface area (Å²) < 4.78 is 8.01. The number of aromatic nitrogens is 1. The molecule has 0 aliphatic carbocycles. The molecule has 3 rings (SSSR count). The van der Waals surface area contributed by atoms with Gasteiger partial charge in [0.05, 0.1) is 22.2 Å². The zero-order valence-electron chi connectivity index (χ0n) is 12.0. The van der Waals surface area contributed by atoms with E-state index in [0.717, 1.165) is 31.3 Å². The number of pyridine rings is 1. The number of thiophene rings is 1. The lowest BCUT2D eigenvalue weighted by atomic mass is 10.2. The van der Waals surface area contributed by atoms with E-state index < -0.39 is 0 Å². The maximum atomic E-state index is 12.4. The van der Waals surface area contributed by atoms with Crippen molar-refractivity contribution in [3.8, 4) is 16.2 Å². The number of ether oxygens (including phenoxy) is 1. The molecule has 0 unspecified atom stereocenters. The van der Waals surface area contributed by atoms with Crippen molar-refractivity contribution in [2.24, 2.45) is 7.05 Å². The summed E-state index contributed by atoms with van der Waals surface area (Å²) in [6.07, 6.45) is 3.83. The zero-order valence-corrected chi connectivity index (χ0v) is 13.7. The number of methoxy groups -OCH3 is 1. The molecule has 0 saturated heterocycles. The van der Waals surface area contributed by atoms with E-state index in [9.17, 15) is 4.79 Å². The molecule has 0 N–H and O–H groups in total. The van der Waals surface area contributed by atoms with Crippen LogP contribution in [0.5, 0.6) is 5.75 Å². The molecule has 1 aromatic carbocycles. The van der Waals surface area contributed by atoms with Gasteiger partial charge < -0.3 is 9.30 Å². The molecule has 5 heteroatoms. The van der Waals surface area contributed by atoms with Crippen molar-refractivity contribution < 1.29 is 4.74 Å². The van der Waals surface area contributed by atoms with Crippen LogP contribution in [-0.4, -0.2) is 17.9 Å². The Kier molecular flexibility index (Phi) is 3.78. The molecule has 0 aliphatic heterocycles. The van der Waals surface area contributed by atoms with Crippen molar-refractivity contribution in [2.75, 3.05) is 13.4 Å². The van der Waals surface area contributed by atoms with Gasteiger partial charge in [0.1, 0.15) is 5.75 Å². The number of benzene rings is 1. The van der Waals surface area contributed by atoms with Gasteiger partial charge in [-0.05, 0) is 42.2 Å². The first kappa shape index (κ1) is 14.2. The molecule has 21 heavy (non-hydrogen) atoms. The maximum absolute atomic E-state index is 12.4. The summed E-state index contributed by atoms with van der Waals surface area (Å²) in [5.74, 6) is 0.833. The Bertz CT molecular complexity index is 847. The minimum absolute atomic E-state index is 0.125. The Morgan fingerprint density at radius 1 is 1.24 bits per heavy atom. The van der Waals surface area contributed by atoms with Crippen LogP contribution in [0.1, 0.15) is 0 Å². The van der Waals surface area contributed by atoms with Gasteiger partial charge in [0.2, 0.25) is 5.43 Å². The first-order valence-electron chi connectivity index (χ1n) is 6.45. The van der Waals surface area contributed by atoms with Crippen molar-refractivity contribution in [3.05, 3.63) is 46.8 Å². The predicted octanol–water partition coefficient (Wildman–Crippen LogP) is 4.00. The second kappa shape index (κ2) is 5.58. The molecule has 0 aliphatic rings. The molecule has 0 atom stereocenters. The first-order valence-corrected chi connectivity index (χ1v) is 8.49. The predicted molar refractivity (Wildman–Crippen MR) is 90.8 cm³/mol. The number of hydrogen-bond donors (Lipinski definition) is 0. The average Bonchev–Trinajstić information content (AvgIpc) is 2.97. The van der Waals surface area contributed by atoms with E-state index in [1.165, 1.54) is 11.8 Å². The molecule has 0 saturated carbocycles. The van der Waals surface area contributed by atoms with Gasteiger partial charge in [-0.15, -0.1) is 23.1 Å². The highest BCUT2D eigenvalue weighted by atomic mass is 32.2. The van der Waals surface area contributed by atoms with Gasteiger partial charge in [-0.1, -0.05) is 0 Å². The van der Waals surface area contributed by atoms with Crippen molar-refractivity contribution in [1.82, 2.24) is 4.57 Å². The van der Waals surface area contributed by atoms with Gasteiger partial charge in [-0.2, -0.15) is 0 Å². The van der Waals surface area contributed by atoms with E-state index in [1.54, 1.807) is 18.4 Å². The number of fused-ring (bicyclic) bond motifs is 1. The lowest BCUT2D eigenvalue weighted by Crippen LogP contribution is -2.06. The topological polar surface area (TPSA) is 31.2 Å². The van der Waals surface area contributed by atoms with Crippen LogP contribution in [0.4, 0.5) is 0 Å². The van der Waals surface area contributed by atoms with Gasteiger partial charge in [0, 0.05) is 18.1 Å². The molecule has 3 aromatic rings. The molecule has 108 valence electrons. The normalized spacial score (nSPS) is 11.0.